The van der Waals surface area contributed by atoms with Crippen molar-refractivity contribution in [1.82, 2.24) is 0 Å². The zero-order valence-corrected chi connectivity index (χ0v) is 11.1. The molecule has 3 nitrogen and oxygen atoms in total. The highest BCUT2D eigenvalue weighted by molar-refractivity contribution is 9.10. The Balaban J connectivity index is 2.49. The van der Waals surface area contributed by atoms with Gasteiger partial charge in [0.1, 0.15) is 0 Å². The van der Waals surface area contributed by atoms with Crippen molar-refractivity contribution in [2.24, 2.45) is 0 Å². The van der Waals surface area contributed by atoms with Gasteiger partial charge in [-0.2, -0.15) is 0 Å². The normalized spacial score (nSPS) is 10.2. The van der Waals surface area contributed by atoms with Gasteiger partial charge in [0.2, 0.25) is 5.91 Å². The molecule has 0 saturated carbocycles. The molecule has 0 bridgehead atoms. The maximum absolute atomic E-state index is 11.5. The van der Waals surface area contributed by atoms with Crippen LogP contribution in [0.1, 0.15) is 18.9 Å². The van der Waals surface area contributed by atoms with Gasteiger partial charge in [0.15, 0.2) is 0 Å². The molecule has 0 unspecified atom stereocenters. The van der Waals surface area contributed by atoms with E-state index in [0.29, 0.717) is 19.6 Å². The average Bonchev–Trinajstić information content (AvgIpc) is 2.16. The molecule has 0 aliphatic rings. The van der Waals surface area contributed by atoms with E-state index in [-0.39, 0.29) is 5.91 Å². The predicted molar refractivity (Wildman–Crippen MR) is 68.6 cm³/mol. The Morgan fingerprint density at radius 2 is 2.19 bits per heavy atom. The number of nitrogens with one attached hydrogen (secondary N) is 1. The number of hydrogen-bond acceptors (Lipinski definition) is 2. The van der Waals surface area contributed by atoms with E-state index >= 15 is 0 Å². The first kappa shape index (κ1) is 13.2. The fourth-order valence-corrected chi connectivity index (χ4v) is 1.95. The van der Waals surface area contributed by atoms with Crippen molar-refractivity contribution in [3.8, 4) is 0 Å². The monoisotopic (exact) mass is 285 g/mol. The Morgan fingerprint density at radius 1 is 1.44 bits per heavy atom. The Morgan fingerprint density at radius 3 is 2.81 bits per heavy atom. The summed E-state index contributed by atoms with van der Waals surface area (Å²) in [6, 6.07) is 5.81. The third kappa shape index (κ3) is 4.77. The van der Waals surface area contributed by atoms with Crippen molar-refractivity contribution in [2.75, 3.05) is 18.5 Å². The molecule has 0 aromatic heterocycles. The third-order valence-electron chi connectivity index (χ3n) is 2.00. The molecule has 88 valence electrons. The molecule has 0 aliphatic heterocycles. The molecule has 16 heavy (non-hydrogen) atoms. The maximum atomic E-state index is 11.5. The molecule has 0 heterocycles. The Labute approximate surface area is 104 Å². The SMILES string of the molecule is CCOCCC(=O)Nc1cc(C)cc(Br)c1. The maximum Gasteiger partial charge on any atom is 0.226 e. The van der Waals surface area contributed by atoms with Crippen molar-refractivity contribution in [3.63, 3.8) is 0 Å². The quantitative estimate of drug-likeness (QED) is 0.844. The molecule has 1 rings (SSSR count). The van der Waals surface area contributed by atoms with Crippen LogP contribution < -0.4 is 5.32 Å². The van der Waals surface area contributed by atoms with E-state index in [1.807, 2.05) is 32.0 Å². The minimum Gasteiger partial charge on any atom is -0.381 e. The van der Waals surface area contributed by atoms with Crippen LogP contribution in [0.15, 0.2) is 22.7 Å². The number of carbonyl (C=O) groups is 1. The van der Waals surface area contributed by atoms with E-state index in [9.17, 15) is 4.79 Å². The van der Waals surface area contributed by atoms with Crippen molar-refractivity contribution >= 4 is 27.5 Å². The second-order valence-electron chi connectivity index (χ2n) is 3.51. The first-order valence-electron chi connectivity index (χ1n) is 5.26. The first-order valence-corrected chi connectivity index (χ1v) is 6.06. The minimum atomic E-state index is -0.0223. The Kier molecular flexibility index (Phi) is 5.49. The van der Waals surface area contributed by atoms with Crippen LogP contribution in [-0.4, -0.2) is 19.1 Å². The molecular weight excluding hydrogens is 270 g/mol. The highest BCUT2D eigenvalue weighted by Gasteiger charge is 2.03. The second kappa shape index (κ2) is 6.66. The average molecular weight is 286 g/mol. The van der Waals surface area contributed by atoms with Crippen LogP contribution >= 0.6 is 15.9 Å². The molecule has 4 heteroatoms. The van der Waals surface area contributed by atoms with Crippen LogP contribution in [0.4, 0.5) is 5.69 Å². The summed E-state index contributed by atoms with van der Waals surface area (Å²) in [5, 5.41) is 2.83. The molecule has 1 aromatic carbocycles. The summed E-state index contributed by atoms with van der Waals surface area (Å²) in [6.07, 6.45) is 0.388. The summed E-state index contributed by atoms with van der Waals surface area (Å²) < 4.78 is 6.08. The van der Waals surface area contributed by atoms with Crippen LogP contribution in [0.2, 0.25) is 0 Å². The third-order valence-corrected chi connectivity index (χ3v) is 2.46. The lowest BCUT2D eigenvalue weighted by molar-refractivity contribution is -0.117. The van der Waals surface area contributed by atoms with Crippen LogP contribution in [0.3, 0.4) is 0 Å². The Bertz CT molecular complexity index is 346. The number of amides is 1. The number of aryl methyl sites for hydroxylation is 1. The molecule has 0 atom stereocenters. The second-order valence-corrected chi connectivity index (χ2v) is 4.43. The number of anilines is 1. The molecule has 0 saturated heterocycles. The lowest BCUT2D eigenvalue weighted by Gasteiger charge is -2.07. The molecule has 0 spiro atoms. The smallest absolute Gasteiger partial charge is 0.226 e. The van der Waals surface area contributed by atoms with Crippen molar-refractivity contribution < 1.29 is 9.53 Å². The highest BCUT2D eigenvalue weighted by atomic mass is 79.9. The predicted octanol–water partition coefficient (Wildman–Crippen LogP) is 3.12. The number of rotatable bonds is 5. The molecule has 0 radical (unpaired) electrons. The number of ether oxygens (including phenoxy) is 1. The van der Waals surface area contributed by atoms with Gasteiger partial charge in [0.25, 0.3) is 0 Å². The lowest BCUT2D eigenvalue weighted by Crippen LogP contribution is -2.14. The Hall–Kier alpha value is -0.870. The molecule has 1 N–H and O–H groups in total. The van der Waals surface area contributed by atoms with Gasteiger partial charge in [-0.1, -0.05) is 15.9 Å². The largest absolute Gasteiger partial charge is 0.381 e. The first-order chi connectivity index (χ1) is 7.61. The summed E-state index contributed by atoms with van der Waals surface area (Å²) in [5.74, 6) is -0.0223. The van der Waals surface area contributed by atoms with Crippen molar-refractivity contribution in [1.29, 1.82) is 0 Å². The van der Waals surface area contributed by atoms with Gasteiger partial charge in [-0.25, -0.2) is 0 Å². The summed E-state index contributed by atoms with van der Waals surface area (Å²) in [5.41, 5.74) is 1.92. The van der Waals surface area contributed by atoms with Crippen molar-refractivity contribution in [2.45, 2.75) is 20.3 Å². The molecule has 1 aromatic rings. The van der Waals surface area contributed by atoms with Crippen LogP contribution in [0, 0.1) is 6.92 Å². The zero-order chi connectivity index (χ0) is 12.0. The summed E-state index contributed by atoms with van der Waals surface area (Å²) in [6.45, 7) is 5.01. The van der Waals surface area contributed by atoms with Gasteiger partial charge < -0.3 is 10.1 Å². The van der Waals surface area contributed by atoms with Gasteiger partial charge in [-0.15, -0.1) is 0 Å². The summed E-state index contributed by atoms with van der Waals surface area (Å²) in [4.78, 5) is 11.5. The van der Waals surface area contributed by atoms with Gasteiger partial charge in [-0.05, 0) is 37.6 Å². The minimum absolute atomic E-state index is 0.0223. The molecule has 0 fully saturated rings. The van der Waals surface area contributed by atoms with E-state index in [1.54, 1.807) is 0 Å². The molecular formula is C12H16BrNO2. The number of benzene rings is 1. The highest BCUT2D eigenvalue weighted by Crippen LogP contribution is 2.19. The van der Waals surface area contributed by atoms with E-state index in [2.05, 4.69) is 21.2 Å². The fourth-order valence-electron chi connectivity index (χ4n) is 1.34. The van der Waals surface area contributed by atoms with Crippen LogP contribution in [0.25, 0.3) is 0 Å². The van der Waals surface area contributed by atoms with Crippen molar-refractivity contribution in [3.05, 3.63) is 28.2 Å². The standard InChI is InChI=1S/C12H16BrNO2/c1-3-16-5-4-12(15)14-11-7-9(2)6-10(13)8-11/h6-8H,3-5H2,1-2H3,(H,14,15). The molecule has 0 aliphatic carbocycles. The van der Waals surface area contributed by atoms with Gasteiger partial charge in [0, 0.05) is 16.8 Å². The number of hydrogen-bond donors (Lipinski definition) is 1. The van der Waals surface area contributed by atoms with Gasteiger partial charge in [-0.3, -0.25) is 4.79 Å². The van der Waals surface area contributed by atoms with E-state index in [4.69, 9.17) is 4.74 Å². The van der Waals surface area contributed by atoms with E-state index in [0.717, 1.165) is 15.7 Å². The lowest BCUT2D eigenvalue weighted by atomic mass is 10.2. The number of halogens is 1. The fraction of sp³-hybridized carbons (Fsp3) is 0.417. The van der Waals surface area contributed by atoms with E-state index < -0.39 is 0 Å². The summed E-state index contributed by atoms with van der Waals surface area (Å²) >= 11 is 3.39. The van der Waals surface area contributed by atoms with Gasteiger partial charge >= 0.3 is 0 Å². The number of carbonyl (C=O) groups excluding carboxylic acids is 1. The van der Waals surface area contributed by atoms with Crippen LogP contribution in [0.5, 0.6) is 0 Å². The zero-order valence-electron chi connectivity index (χ0n) is 9.55. The molecule has 1 amide bonds. The van der Waals surface area contributed by atoms with E-state index in [1.165, 1.54) is 0 Å². The van der Waals surface area contributed by atoms with Crippen LogP contribution in [-0.2, 0) is 9.53 Å². The topological polar surface area (TPSA) is 38.3 Å². The van der Waals surface area contributed by atoms with Gasteiger partial charge in [0.05, 0.1) is 13.0 Å². The summed E-state index contributed by atoms with van der Waals surface area (Å²) in [7, 11) is 0.